The van der Waals surface area contributed by atoms with E-state index >= 15 is 0 Å². The summed E-state index contributed by atoms with van der Waals surface area (Å²) in [5.74, 6) is 0.525. The molecule has 1 N–H and O–H groups in total. The van der Waals surface area contributed by atoms with Crippen molar-refractivity contribution in [2.24, 2.45) is 18.9 Å². The minimum absolute atomic E-state index is 0.0137. The predicted octanol–water partition coefficient (Wildman–Crippen LogP) is 3.44. The summed E-state index contributed by atoms with van der Waals surface area (Å²) in [6.45, 7) is 4.54. The molecular weight excluding hydrogens is 364 g/mol. The van der Waals surface area contributed by atoms with E-state index in [-0.39, 0.29) is 36.1 Å². The SMILES string of the molecule is CC(C)[C@H](NC(=O)[C@H]1CC(=O)N(c2ccccc2)C1)c1nc2ccccc2n1C. The highest BCUT2D eigenvalue weighted by Gasteiger charge is 2.36. The Balaban J connectivity index is 1.54. The average Bonchev–Trinajstić information content (AvgIpc) is 3.27. The third kappa shape index (κ3) is 3.62. The molecule has 1 aliphatic heterocycles. The van der Waals surface area contributed by atoms with E-state index in [1.165, 1.54) is 0 Å². The van der Waals surface area contributed by atoms with Crippen LogP contribution in [0.1, 0.15) is 32.1 Å². The fraction of sp³-hybridized carbons (Fsp3) is 0.348. The summed E-state index contributed by atoms with van der Waals surface area (Å²) in [7, 11) is 1.97. The lowest BCUT2D eigenvalue weighted by molar-refractivity contribution is -0.127. The first-order valence-electron chi connectivity index (χ1n) is 10.0. The second-order valence-corrected chi connectivity index (χ2v) is 7.99. The van der Waals surface area contributed by atoms with E-state index in [1.54, 1.807) is 4.90 Å². The number of anilines is 1. The van der Waals surface area contributed by atoms with Crippen LogP contribution < -0.4 is 10.2 Å². The number of rotatable bonds is 5. The lowest BCUT2D eigenvalue weighted by Crippen LogP contribution is -2.38. The van der Waals surface area contributed by atoms with Crippen LogP contribution in [0.5, 0.6) is 0 Å². The van der Waals surface area contributed by atoms with Crippen molar-refractivity contribution < 1.29 is 9.59 Å². The first kappa shape index (κ1) is 19.2. The largest absolute Gasteiger partial charge is 0.346 e. The number of carbonyl (C=O) groups is 2. The van der Waals surface area contributed by atoms with Gasteiger partial charge in [-0.1, -0.05) is 44.2 Å². The maximum atomic E-state index is 13.1. The summed E-state index contributed by atoms with van der Waals surface area (Å²) in [5.41, 5.74) is 2.79. The number of carbonyl (C=O) groups excluding carboxylic acids is 2. The van der Waals surface area contributed by atoms with Crippen LogP contribution in [0.3, 0.4) is 0 Å². The first-order valence-corrected chi connectivity index (χ1v) is 10.0. The normalized spacial score (nSPS) is 17.9. The number of amides is 2. The number of fused-ring (bicyclic) bond motifs is 1. The molecule has 0 bridgehead atoms. The zero-order valence-corrected chi connectivity index (χ0v) is 17.0. The molecule has 1 saturated heterocycles. The molecular formula is C23H26N4O2. The monoisotopic (exact) mass is 390 g/mol. The van der Waals surface area contributed by atoms with Crippen molar-refractivity contribution in [3.05, 3.63) is 60.4 Å². The highest BCUT2D eigenvalue weighted by molar-refractivity contribution is 6.00. The van der Waals surface area contributed by atoms with E-state index in [9.17, 15) is 9.59 Å². The molecule has 0 saturated carbocycles. The van der Waals surface area contributed by atoms with E-state index in [1.807, 2.05) is 66.2 Å². The van der Waals surface area contributed by atoms with E-state index in [4.69, 9.17) is 4.98 Å². The Kier molecular flexibility index (Phi) is 5.09. The van der Waals surface area contributed by atoms with Crippen molar-refractivity contribution in [1.82, 2.24) is 14.9 Å². The fourth-order valence-corrected chi connectivity index (χ4v) is 3.98. The van der Waals surface area contributed by atoms with E-state index in [0.717, 1.165) is 22.5 Å². The third-order valence-corrected chi connectivity index (χ3v) is 5.63. The maximum Gasteiger partial charge on any atom is 0.227 e. The molecule has 1 aliphatic rings. The Hall–Kier alpha value is -3.15. The molecule has 0 unspecified atom stereocenters. The number of para-hydroxylation sites is 3. The van der Waals surface area contributed by atoms with Crippen molar-refractivity contribution in [3.63, 3.8) is 0 Å². The smallest absolute Gasteiger partial charge is 0.227 e. The van der Waals surface area contributed by atoms with Gasteiger partial charge in [0.1, 0.15) is 5.82 Å². The molecule has 0 radical (unpaired) electrons. The van der Waals surface area contributed by atoms with Crippen molar-refractivity contribution in [1.29, 1.82) is 0 Å². The summed E-state index contributed by atoms with van der Waals surface area (Å²) < 4.78 is 2.04. The van der Waals surface area contributed by atoms with Gasteiger partial charge in [-0.05, 0) is 30.2 Å². The molecule has 6 heteroatoms. The molecule has 2 aromatic carbocycles. The second-order valence-electron chi connectivity index (χ2n) is 7.99. The number of nitrogens with one attached hydrogen (secondary N) is 1. The molecule has 0 aliphatic carbocycles. The Morgan fingerprint density at radius 3 is 2.48 bits per heavy atom. The van der Waals surface area contributed by atoms with E-state index in [2.05, 4.69) is 19.2 Å². The predicted molar refractivity (Wildman–Crippen MR) is 113 cm³/mol. The minimum Gasteiger partial charge on any atom is -0.346 e. The van der Waals surface area contributed by atoms with Gasteiger partial charge in [0, 0.05) is 25.7 Å². The van der Waals surface area contributed by atoms with Crippen LogP contribution in [0.2, 0.25) is 0 Å². The molecule has 29 heavy (non-hydrogen) atoms. The topological polar surface area (TPSA) is 67.2 Å². The zero-order valence-electron chi connectivity index (χ0n) is 17.0. The van der Waals surface area contributed by atoms with Gasteiger partial charge in [0.05, 0.1) is 23.0 Å². The molecule has 1 aromatic heterocycles. The van der Waals surface area contributed by atoms with Crippen LogP contribution >= 0.6 is 0 Å². The van der Waals surface area contributed by atoms with Gasteiger partial charge in [-0.15, -0.1) is 0 Å². The number of hydrogen-bond donors (Lipinski definition) is 1. The van der Waals surface area contributed by atoms with Gasteiger partial charge in [-0.2, -0.15) is 0 Å². The summed E-state index contributed by atoms with van der Waals surface area (Å²) in [5, 5.41) is 3.17. The Morgan fingerprint density at radius 2 is 1.79 bits per heavy atom. The van der Waals surface area contributed by atoms with Gasteiger partial charge in [-0.25, -0.2) is 4.98 Å². The minimum atomic E-state index is -0.362. The standard InChI is InChI=1S/C23H26N4O2/c1-15(2)21(22-24-18-11-7-8-12-19(18)26(22)3)25-23(29)16-13-20(28)27(14-16)17-9-5-4-6-10-17/h4-12,15-16,21H,13-14H2,1-3H3,(H,25,29)/t16-,21-/m0/s1. The molecule has 150 valence electrons. The Morgan fingerprint density at radius 1 is 1.10 bits per heavy atom. The van der Waals surface area contributed by atoms with Crippen molar-refractivity contribution in [2.45, 2.75) is 26.3 Å². The molecule has 1 fully saturated rings. The number of aryl methyl sites for hydroxylation is 1. The van der Waals surface area contributed by atoms with Gasteiger partial charge in [0.2, 0.25) is 11.8 Å². The average molecular weight is 390 g/mol. The zero-order chi connectivity index (χ0) is 20.5. The molecule has 2 heterocycles. The quantitative estimate of drug-likeness (QED) is 0.726. The number of imidazole rings is 1. The first-order chi connectivity index (χ1) is 14.0. The highest BCUT2D eigenvalue weighted by Crippen LogP contribution is 2.28. The lowest BCUT2D eigenvalue weighted by atomic mass is 10.0. The number of benzene rings is 2. The molecule has 2 amide bonds. The summed E-state index contributed by atoms with van der Waals surface area (Å²) >= 11 is 0. The number of aromatic nitrogens is 2. The van der Waals surface area contributed by atoms with Gasteiger partial charge in [0.25, 0.3) is 0 Å². The Bertz CT molecular complexity index is 1040. The van der Waals surface area contributed by atoms with Crippen LogP contribution in [0.4, 0.5) is 5.69 Å². The Labute approximate surface area is 170 Å². The second kappa shape index (κ2) is 7.70. The molecule has 4 rings (SSSR count). The number of hydrogen-bond acceptors (Lipinski definition) is 3. The molecule has 2 atom stereocenters. The van der Waals surface area contributed by atoms with E-state index < -0.39 is 0 Å². The van der Waals surface area contributed by atoms with Gasteiger partial charge < -0.3 is 14.8 Å². The van der Waals surface area contributed by atoms with Crippen LogP contribution in [-0.2, 0) is 16.6 Å². The van der Waals surface area contributed by atoms with Crippen molar-refractivity contribution >= 4 is 28.5 Å². The van der Waals surface area contributed by atoms with Crippen molar-refractivity contribution in [2.75, 3.05) is 11.4 Å². The van der Waals surface area contributed by atoms with Gasteiger partial charge >= 0.3 is 0 Å². The molecule has 6 nitrogen and oxygen atoms in total. The highest BCUT2D eigenvalue weighted by atomic mass is 16.2. The van der Waals surface area contributed by atoms with Crippen LogP contribution in [-0.4, -0.2) is 27.9 Å². The van der Waals surface area contributed by atoms with Gasteiger partial charge in [0.15, 0.2) is 0 Å². The van der Waals surface area contributed by atoms with Crippen LogP contribution in [0, 0.1) is 11.8 Å². The molecule has 3 aromatic rings. The maximum absolute atomic E-state index is 13.1. The summed E-state index contributed by atoms with van der Waals surface area (Å²) in [6.07, 6.45) is 0.230. The van der Waals surface area contributed by atoms with Crippen molar-refractivity contribution in [3.8, 4) is 0 Å². The van der Waals surface area contributed by atoms with Crippen LogP contribution in [0.25, 0.3) is 11.0 Å². The summed E-state index contributed by atoms with van der Waals surface area (Å²) in [6, 6.07) is 17.2. The van der Waals surface area contributed by atoms with Crippen LogP contribution in [0.15, 0.2) is 54.6 Å². The number of nitrogens with zero attached hydrogens (tertiary/aromatic N) is 3. The molecule has 0 spiro atoms. The van der Waals surface area contributed by atoms with E-state index in [0.29, 0.717) is 6.54 Å². The fourth-order valence-electron chi connectivity index (χ4n) is 3.98. The third-order valence-electron chi connectivity index (χ3n) is 5.63. The summed E-state index contributed by atoms with van der Waals surface area (Å²) in [4.78, 5) is 32.0. The van der Waals surface area contributed by atoms with Gasteiger partial charge in [-0.3, -0.25) is 9.59 Å². The lowest BCUT2D eigenvalue weighted by Gasteiger charge is -2.24.